The van der Waals surface area contributed by atoms with Gasteiger partial charge in [0.05, 0.1) is 17.3 Å². The molecular formula is C24H16N2O. The van der Waals surface area contributed by atoms with Gasteiger partial charge in [0, 0.05) is 16.8 Å². The summed E-state index contributed by atoms with van der Waals surface area (Å²) in [6.07, 6.45) is 0. The van der Waals surface area contributed by atoms with E-state index < -0.39 is 0 Å². The lowest BCUT2D eigenvalue weighted by atomic mass is 9.99. The molecule has 1 N–H and O–H groups in total. The van der Waals surface area contributed by atoms with E-state index in [4.69, 9.17) is 5.26 Å². The maximum absolute atomic E-state index is 13.1. The van der Waals surface area contributed by atoms with Gasteiger partial charge >= 0.3 is 0 Å². The van der Waals surface area contributed by atoms with Crippen molar-refractivity contribution in [1.29, 1.82) is 5.26 Å². The molecule has 3 heteroatoms. The first-order valence-corrected chi connectivity index (χ1v) is 8.65. The van der Waals surface area contributed by atoms with Crippen molar-refractivity contribution in [3.63, 3.8) is 0 Å². The number of nitrogens with zero attached hydrogens (tertiary/aromatic N) is 1. The molecule has 0 saturated heterocycles. The standard InChI is InChI=1S/C24H16N2O/c25-16-17-11-13-18(14-12-17)22-15-21(24(27)20-9-5-2-6-10-20)23(26-22)19-7-3-1-4-8-19/h1-15,26H. The highest BCUT2D eigenvalue weighted by atomic mass is 16.1. The fourth-order valence-electron chi connectivity index (χ4n) is 3.09. The van der Waals surface area contributed by atoms with Crippen LogP contribution in [0.5, 0.6) is 0 Å². The Kier molecular flexibility index (Phi) is 4.38. The molecule has 0 atom stereocenters. The highest BCUT2D eigenvalue weighted by Gasteiger charge is 2.18. The number of hydrogen-bond donors (Lipinski definition) is 1. The number of rotatable bonds is 4. The van der Waals surface area contributed by atoms with Crippen LogP contribution >= 0.6 is 0 Å². The molecule has 0 radical (unpaired) electrons. The number of carbonyl (C=O) groups excluding carboxylic acids is 1. The molecular weight excluding hydrogens is 332 g/mol. The number of carbonyl (C=O) groups is 1. The SMILES string of the molecule is N#Cc1ccc(-c2cc(C(=O)c3ccccc3)c(-c3ccccc3)[nH]2)cc1. The fraction of sp³-hybridized carbons (Fsp3) is 0. The molecule has 3 aromatic carbocycles. The molecule has 27 heavy (non-hydrogen) atoms. The highest BCUT2D eigenvalue weighted by molar-refractivity contribution is 6.13. The van der Waals surface area contributed by atoms with Crippen LogP contribution in [0, 0.1) is 11.3 Å². The van der Waals surface area contributed by atoms with E-state index >= 15 is 0 Å². The minimum absolute atomic E-state index is 0.0226. The Morgan fingerprint density at radius 2 is 1.41 bits per heavy atom. The van der Waals surface area contributed by atoms with E-state index in [-0.39, 0.29) is 5.78 Å². The summed E-state index contributed by atoms with van der Waals surface area (Å²) in [5.41, 5.74) is 5.41. The lowest BCUT2D eigenvalue weighted by Crippen LogP contribution is -2.01. The number of aromatic amines is 1. The zero-order valence-electron chi connectivity index (χ0n) is 14.5. The Bertz CT molecular complexity index is 1120. The summed E-state index contributed by atoms with van der Waals surface area (Å²) >= 11 is 0. The Labute approximate surface area is 157 Å². The van der Waals surface area contributed by atoms with Gasteiger partial charge in [-0.25, -0.2) is 0 Å². The number of nitrogens with one attached hydrogen (secondary N) is 1. The van der Waals surface area contributed by atoms with Crippen molar-refractivity contribution in [2.75, 3.05) is 0 Å². The second kappa shape index (κ2) is 7.15. The Morgan fingerprint density at radius 1 is 0.778 bits per heavy atom. The van der Waals surface area contributed by atoms with Crippen LogP contribution in [0.1, 0.15) is 21.5 Å². The van der Waals surface area contributed by atoms with Crippen LogP contribution < -0.4 is 0 Å². The molecule has 128 valence electrons. The minimum Gasteiger partial charge on any atom is -0.354 e. The molecule has 0 spiro atoms. The predicted octanol–water partition coefficient (Wildman–Crippen LogP) is 5.45. The van der Waals surface area contributed by atoms with E-state index in [9.17, 15) is 4.79 Å². The van der Waals surface area contributed by atoms with Crippen molar-refractivity contribution in [2.45, 2.75) is 0 Å². The summed E-state index contributed by atoms with van der Waals surface area (Å²) in [7, 11) is 0. The van der Waals surface area contributed by atoms with Crippen LogP contribution in [0.25, 0.3) is 22.5 Å². The average molecular weight is 348 g/mol. The molecule has 0 aliphatic carbocycles. The third-order valence-corrected chi connectivity index (χ3v) is 4.49. The molecule has 0 unspecified atom stereocenters. The summed E-state index contributed by atoms with van der Waals surface area (Å²) in [4.78, 5) is 16.5. The highest BCUT2D eigenvalue weighted by Crippen LogP contribution is 2.30. The Balaban J connectivity index is 1.85. The zero-order valence-corrected chi connectivity index (χ0v) is 14.5. The normalized spacial score (nSPS) is 10.3. The van der Waals surface area contributed by atoms with Crippen molar-refractivity contribution < 1.29 is 4.79 Å². The molecule has 0 fully saturated rings. The molecule has 1 heterocycles. The first-order chi connectivity index (χ1) is 13.3. The monoisotopic (exact) mass is 348 g/mol. The van der Waals surface area contributed by atoms with Gasteiger partial charge < -0.3 is 4.98 Å². The van der Waals surface area contributed by atoms with Gasteiger partial charge in [-0.1, -0.05) is 72.8 Å². The fourth-order valence-corrected chi connectivity index (χ4v) is 3.09. The summed E-state index contributed by atoms with van der Waals surface area (Å²) in [5.74, 6) is -0.0226. The number of H-pyrrole nitrogens is 1. The van der Waals surface area contributed by atoms with Crippen LogP contribution in [0.2, 0.25) is 0 Å². The molecule has 1 aromatic heterocycles. The maximum Gasteiger partial charge on any atom is 0.195 e. The van der Waals surface area contributed by atoms with Crippen molar-refractivity contribution >= 4 is 5.78 Å². The maximum atomic E-state index is 13.1. The van der Waals surface area contributed by atoms with Crippen LogP contribution in [-0.4, -0.2) is 10.8 Å². The topological polar surface area (TPSA) is 56.6 Å². The third-order valence-electron chi connectivity index (χ3n) is 4.49. The van der Waals surface area contributed by atoms with Gasteiger partial charge in [-0.15, -0.1) is 0 Å². The van der Waals surface area contributed by atoms with Gasteiger partial charge in [-0.3, -0.25) is 4.79 Å². The Hall–Kier alpha value is -3.90. The van der Waals surface area contributed by atoms with E-state index in [2.05, 4.69) is 11.1 Å². The second-order valence-corrected chi connectivity index (χ2v) is 6.22. The molecule has 4 rings (SSSR count). The summed E-state index contributed by atoms with van der Waals surface area (Å²) in [6.45, 7) is 0. The number of ketones is 1. The molecule has 0 saturated carbocycles. The number of aromatic nitrogens is 1. The lowest BCUT2D eigenvalue weighted by Gasteiger charge is -2.04. The Morgan fingerprint density at radius 3 is 2.04 bits per heavy atom. The summed E-state index contributed by atoms with van der Waals surface area (Å²) in [5, 5.41) is 8.99. The van der Waals surface area contributed by atoms with E-state index in [1.54, 1.807) is 12.1 Å². The smallest absolute Gasteiger partial charge is 0.195 e. The van der Waals surface area contributed by atoms with Gasteiger partial charge in [-0.2, -0.15) is 5.26 Å². The van der Waals surface area contributed by atoms with Crippen LogP contribution in [0.15, 0.2) is 91.0 Å². The van der Waals surface area contributed by atoms with Gasteiger partial charge in [0.2, 0.25) is 0 Å². The number of benzene rings is 3. The molecule has 3 nitrogen and oxygen atoms in total. The molecule has 0 aliphatic rings. The molecule has 0 aliphatic heterocycles. The first-order valence-electron chi connectivity index (χ1n) is 8.65. The molecule has 0 bridgehead atoms. The van der Waals surface area contributed by atoms with Gasteiger partial charge in [0.15, 0.2) is 5.78 Å². The van der Waals surface area contributed by atoms with E-state index in [0.29, 0.717) is 16.7 Å². The molecule has 0 amide bonds. The average Bonchev–Trinajstić information content (AvgIpc) is 3.20. The van der Waals surface area contributed by atoms with E-state index in [0.717, 1.165) is 22.5 Å². The quantitative estimate of drug-likeness (QED) is 0.498. The number of nitriles is 1. The third kappa shape index (κ3) is 3.29. The predicted molar refractivity (Wildman–Crippen MR) is 106 cm³/mol. The van der Waals surface area contributed by atoms with E-state index in [1.807, 2.05) is 78.9 Å². The summed E-state index contributed by atoms with van der Waals surface area (Å²) < 4.78 is 0. The largest absolute Gasteiger partial charge is 0.354 e. The van der Waals surface area contributed by atoms with Crippen molar-refractivity contribution in [3.8, 4) is 28.6 Å². The lowest BCUT2D eigenvalue weighted by molar-refractivity contribution is 0.103. The van der Waals surface area contributed by atoms with Gasteiger partial charge in [-0.05, 0) is 29.3 Å². The first kappa shape index (κ1) is 16.6. The van der Waals surface area contributed by atoms with Gasteiger partial charge in [0.25, 0.3) is 0 Å². The van der Waals surface area contributed by atoms with Crippen LogP contribution in [0.4, 0.5) is 0 Å². The van der Waals surface area contributed by atoms with E-state index in [1.165, 1.54) is 0 Å². The van der Waals surface area contributed by atoms with Crippen molar-refractivity contribution in [3.05, 3.63) is 108 Å². The van der Waals surface area contributed by atoms with Crippen molar-refractivity contribution in [2.24, 2.45) is 0 Å². The van der Waals surface area contributed by atoms with Crippen LogP contribution in [-0.2, 0) is 0 Å². The van der Waals surface area contributed by atoms with Crippen molar-refractivity contribution in [1.82, 2.24) is 4.98 Å². The van der Waals surface area contributed by atoms with Gasteiger partial charge in [0.1, 0.15) is 0 Å². The molecule has 4 aromatic rings. The minimum atomic E-state index is -0.0226. The number of hydrogen-bond acceptors (Lipinski definition) is 2. The second-order valence-electron chi connectivity index (χ2n) is 6.22. The zero-order chi connectivity index (χ0) is 18.6. The van der Waals surface area contributed by atoms with Crippen LogP contribution in [0.3, 0.4) is 0 Å². The summed E-state index contributed by atoms with van der Waals surface area (Å²) in [6, 6.07) is 30.4.